The molecule has 25 heavy (non-hydrogen) atoms. The third kappa shape index (κ3) is 4.70. The summed E-state index contributed by atoms with van der Waals surface area (Å²) in [6.45, 7) is 0.475. The summed E-state index contributed by atoms with van der Waals surface area (Å²) in [5.41, 5.74) is 1.96. The zero-order valence-electron chi connectivity index (χ0n) is 13.6. The van der Waals surface area contributed by atoms with Crippen molar-refractivity contribution in [3.63, 3.8) is 0 Å². The Kier molecular flexibility index (Phi) is 5.88. The Morgan fingerprint density at radius 2 is 1.92 bits per heavy atom. The first kappa shape index (κ1) is 17.7. The van der Waals surface area contributed by atoms with Crippen LogP contribution in [0.2, 0.25) is 0 Å². The van der Waals surface area contributed by atoms with E-state index in [4.69, 9.17) is 4.74 Å². The van der Waals surface area contributed by atoms with Gasteiger partial charge < -0.3 is 4.74 Å². The Morgan fingerprint density at radius 3 is 2.60 bits per heavy atom. The van der Waals surface area contributed by atoms with Crippen molar-refractivity contribution in [1.82, 2.24) is 4.90 Å². The molecule has 0 aliphatic carbocycles. The summed E-state index contributed by atoms with van der Waals surface area (Å²) in [5.74, 6) is 1.22. The highest BCUT2D eigenvalue weighted by Gasteiger charge is 2.28. The van der Waals surface area contributed by atoms with Crippen molar-refractivity contribution in [3.8, 4) is 5.75 Å². The molecule has 0 atom stereocenters. The first-order chi connectivity index (χ1) is 12.2. The first-order valence-electron chi connectivity index (χ1n) is 7.58. The summed E-state index contributed by atoms with van der Waals surface area (Å²) in [6, 6.07) is 15.4. The molecular weight excluding hydrogens is 402 g/mol. The summed E-state index contributed by atoms with van der Waals surface area (Å²) < 4.78 is 6.17. The molecule has 2 aromatic rings. The van der Waals surface area contributed by atoms with Gasteiger partial charge in [-0.1, -0.05) is 52.0 Å². The van der Waals surface area contributed by atoms with Crippen LogP contribution in [0.1, 0.15) is 11.1 Å². The molecule has 0 spiro atoms. The topological polar surface area (TPSA) is 54.3 Å². The van der Waals surface area contributed by atoms with E-state index in [-0.39, 0.29) is 5.91 Å². The summed E-state index contributed by atoms with van der Waals surface area (Å²) in [5, 5.41) is 8.96. The van der Waals surface area contributed by atoms with E-state index in [1.165, 1.54) is 11.8 Å². The van der Waals surface area contributed by atoms with Crippen molar-refractivity contribution < 1.29 is 9.53 Å². The number of hydrogen-bond donors (Lipinski definition) is 0. The number of ether oxygens (including phenoxy) is 1. The van der Waals surface area contributed by atoms with Gasteiger partial charge in [-0.25, -0.2) is 0 Å². The number of amidine groups is 1. The predicted molar refractivity (Wildman–Crippen MR) is 105 cm³/mol. The van der Waals surface area contributed by atoms with Crippen LogP contribution in [0.25, 0.3) is 0 Å². The lowest BCUT2D eigenvalue weighted by molar-refractivity contribution is -0.124. The fourth-order valence-corrected chi connectivity index (χ4v) is 3.33. The van der Waals surface area contributed by atoms with Crippen molar-refractivity contribution in [3.05, 3.63) is 64.1 Å². The number of nitrogens with zero attached hydrogens (tertiary/aromatic N) is 3. The maximum atomic E-state index is 12.1. The third-order valence-corrected chi connectivity index (χ3v) is 5.06. The van der Waals surface area contributed by atoms with E-state index >= 15 is 0 Å². The molecular formula is C18H16BrN3O2S. The van der Waals surface area contributed by atoms with E-state index in [0.717, 1.165) is 21.3 Å². The number of thioether (sulfide) groups is 1. The van der Waals surface area contributed by atoms with Gasteiger partial charge in [0.25, 0.3) is 0 Å². The van der Waals surface area contributed by atoms with Gasteiger partial charge in [0.2, 0.25) is 5.91 Å². The molecule has 1 heterocycles. The number of hydrogen-bond acceptors (Lipinski definition) is 5. The Hall–Kier alpha value is -2.12. The molecule has 5 nitrogen and oxygen atoms in total. The van der Waals surface area contributed by atoms with Crippen molar-refractivity contribution in [1.29, 1.82) is 0 Å². The van der Waals surface area contributed by atoms with Crippen LogP contribution in [0.3, 0.4) is 0 Å². The van der Waals surface area contributed by atoms with Gasteiger partial charge in [-0.2, -0.15) is 5.10 Å². The molecule has 0 saturated carbocycles. The highest BCUT2D eigenvalue weighted by atomic mass is 79.9. The largest absolute Gasteiger partial charge is 0.497 e. The minimum atomic E-state index is 0.0402. The van der Waals surface area contributed by atoms with Crippen LogP contribution in [0.15, 0.2) is 63.2 Å². The lowest BCUT2D eigenvalue weighted by Crippen LogP contribution is -2.28. The Bertz CT molecular complexity index is 804. The molecule has 0 N–H and O–H groups in total. The summed E-state index contributed by atoms with van der Waals surface area (Å²) in [4.78, 5) is 13.8. The van der Waals surface area contributed by atoms with Gasteiger partial charge in [0, 0.05) is 4.47 Å². The minimum absolute atomic E-state index is 0.0402. The lowest BCUT2D eigenvalue weighted by Gasteiger charge is -2.15. The second-order valence-corrected chi connectivity index (χ2v) is 7.15. The average molecular weight is 418 g/mol. The zero-order chi connectivity index (χ0) is 17.6. The first-order valence-corrected chi connectivity index (χ1v) is 9.36. The van der Waals surface area contributed by atoms with Crippen LogP contribution in [0.4, 0.5) is 0 Å². The number of benzene rings is 2. The highest BCUT2D eigenvalue weighted by Crippen LogP contribution is 2.23. The molecule has 0 unspecified atom stereocenters. The van der Waals surface area contributed by atoms with Crippen molar-refractivity contribution >= 4 is 45.0 Å². The lowest BCUT2D eigenvalue weighted by atomic mass is 10.2. The molecule has 0 bridgehead atoms. The van der Waals surface area contributed by atoms with Crippen molar-refractivity contribution in [2.24, 2.45) is 10.2 Å². The molecule has 1 amide bonds. The molecule has 7 heteroatoms. The third-order valence-electron chi connectivity index (χ3n) is 3.58. The normalized spacial score (nSPS) is 16.2. The second kappa shape index (κ2) is 8.31. The fourth-order valence-electron chi connectivity index (χ4n) is 2.23. The van der Waals surface area contributed by atoms with Crippen LogP contribution in [0.5, 0.6) is 5.75 Å². The van der Waals surface area contributed by atoms with Gasteiger partial charge in [-0.05, 0) is 35.4 Å². The van der Waals surface area contributed by atoms with Crippen LogP contribution in [-0.4, -0.2) is 35.1 Å². The van der Waals surface area contributed by atoms with Crippen LogP contribution >= 0.6 is 27.7 Å². The molecule has 1 aliphatic rings. The number of carbonyl (C=O) groups is 1. The molecule has 0 aromatic heterocycles. The summed E-state index contributed by atoms with van der Waals surface area (Å²) in [7, 11) is 1.63. The van der Waals surface area contributed by atoms with Gasteiger partial charge >= 0.3 is 0 Å². The Morgan fingerprint density at radius 1 is 1.20 bits per heavy atom. The summed E-state index contributed by atoms with van der Waals surface area (Å²) in [6.07, 6.45) is 1.67. The number of halogens is 1. The van der Waals surface area contributed by atoms with E-state index < -0.39 is 0 Å². The molecule has 3 rings (SSSR count). The molecule has 2 aromatic carbocycles. The number of amides is 1. The second-order valence-electron chi connectivity index (χ2n) is 5.30. The SMILES string of the molecule is COc1ccc(CN2C(=O)CS/C2=N\N=C\c2ccc(Br)cc2)cc1. The molecule has 128 valence electrons. The molecule has 0 radical (unpaired) electrons. The van der Waals surface area contributed by atoms with Gasteiger partial charge in [0.15, 0.2) is 5.17 Å². The number of rotatable bonds is 5. The minimum Gasteiger partial charge on any atom is -0.497 e. The number of methoxy groups -OCH3 is 1. The van der Waals surface area contributed by atoms with Gasteiger partial charge in [0.1, 0.15) is 5.75 Å². The van der Waals surface area contributed by atoms with Crippen molar-refractivity contribution in [2.45, 2.75) is 6.54 Å². The Labute approximate surface area is 158 Å². The smallest absolute Gasteiger partial charge is 0.239 e. The quantitative estimate of drug-likeness (QED) is 0.546. The van der Waals surface area contributed by atoms with Crippen LogP contribution < -0.4 is 4.74 Å². The van der Waals surface area contributed by atoms with E-state index in [9.17, 15) is 4.79 Å². The van der Waals surface area contributed by atoms with E-state index in [1.807, 2.05) is 48.5 Å². The monoisotopic (exact) mass is 417 g/mol. The predicted octanol–water partition coefficient (Wildman–Crippen LogP) is 3.92. The van der Waals surface area contributed by atoms with E-state index in [0.29, 0.717) is 17.5 Å². The fraction of sp³-hybridized carbons (Fsp3) is 0.167. The highest BCUT2D eigenvalue weighted by molar-refractivity contribution is 9.10. The Balaban J connectivity index is 1.70. The van der Waals surface area contributed by atoms with E-state index in [1.54, 1.807) is 18.2 Å². The van der Waals surface area contributed by atoms with E-state index in [2.05, 4.69) is 26.1 Å². The van der Waals surface area contributed by atoms with Gasteiger partial charge in [-0.15, -0.1) is 5.10 Å². The van der Waals surface area contributed by atoms with Crippen LogP contribution in [0, 0.1) is 0 Å². The average Bonchev–Trinajstić information content (AvgIpc) is 2.97. The summed E-state index contributed by atoms with van der Waals surface area (Å²) >= 11 is 4.80. The van der Waals surface area contributed by atoms with Crippen LogP contribution in [-0.2, 0) is 11.3 Å². The molecule has 1 aliphatic heterocycles. The maximum absolute atomic E-state index is 12.1. The number of carbonyl (C=O) groups excluding carboxylic acids is 1. The molecule has 1 saturated heterocycles. The van der Waals surface area contributed by atoms with Gasteiger partial charge in [-0.3, -0.25) is 9.69 Å². The standard InChI is InChI=1S/C18H16BrN3O2S/c1-24-16-8-4-14(5-9-16)11-22-17(23)12-25-18(22)21-20-10-13-2-6-15(19)7-3-13/h2-10H,11-12H2,1H3/b20-10+,21-18-. The molecule has 1 fully saturated rings. The zero-order valence-corrected chi connectivity index (χ0v) is 16.0. The van der Waals surface area contributed by atoms with Crippen molar-refractivity contribution in [2.75, 3.05) is 12.9 Å². The van der Waals surface area contributed by atoms with Gasteiger partial charge in [0.05, 0.1) is 25.6 Å². The maximum Gasteiger partial charge on any atom is 0.239 e.